The van der Waals surface area contributed by atoms with Crippen LogP contribution < -0.4 is 0 Å². The molecule has 0 amide bonds. The van der Waals surface area contributed by atoms with E-state index in [4.69, 9.17) is 0 Å². The van der Waals surface area contributed by atoms with Gasteiger partial charge in [-0.05, 0) is 36.1 Å². The van der Waals surface area contributed by atoms with Gasteiger partial charge in [-0.2, -0.15) is 0 Å². The van der Waals surface area contributed by atoms with Gasteiger partial charge in [0.05, 0.1) is 0 Å². The second-order valence-electron chi connectivity index (χ2n) is 5.83. The van der Waals surface area contributed by atoms with Crippen molar-refractivity contribution in [3.63, 3.8) is 0 Å². The predicted molar refractivity (Wildman–Crippen MR) is 71.0 cm³/mol. The van der Waals surface area contributed by atoms with E-state index in [2.05, 4.69) is 50.8 Å². The third kappa shape index (κ3) is 2.40. The number of aryl methyl sites for hydroxylation is 1. The van der Waals surface area contributed by atoms with Crippen LogP contribution in [0.3, 0.4) is 0 Å². The van der Waals surface area contributed by atoms with Gasteiger partial charge in [-0.1, -0.05) is 49.5 Å². The molecular formula is C14H20Si. The average Bonchev–Trinajstić information content (AvgIpc) is 2.45. The molecule has 1 heteroatoms. The van der Waals surface area contributed by atoms with Crippen LogP contribution in [0.15, 0.2) is 24.3 Å². The normalized spacial score (nSPS) is 15.1. The van der Waals surface area contributed by atoms with Crippen molar-refractivity contribution in [2.45, 2.75) is 39.0 Å². The summed E-state index contributed by atoms with van der Waals surface area (Å²) in [4.78, 5) is 0. The maximum atomic E-state index is 2.44. The molecule has 0 spiro atoms. The summed E-state index contributed by atoms with van der Waals surface area (Å²) in [5.41, 5.74) is 6.03. The van der Waals surface area contributed by atoms with Crippen LogP contribution in [0, 0.1) is 6.92 Å². The number of benzene rings is 1. The maximum absolute atomic E-state index is 2.44. The SMILES string of the molecule is Cc1ccc2c(c1)CC=C2C[Si](C)(C)C. The molecule has 0 unspecified atom stereocenters. The molecule has 1 aliphatic rings. The molecule has 0 aromatic heterocycles. The predicted octanol–water partition coefficient (Wildman–Crippen LogP) is 4.27. The van der Waals surface area contributed by atoms with Gasteiger partial charge in [-0.25, -0.2) is 0 Å². The Morgan fingerprint density at radius 2 is 1.93 bits per heavy atom. The Hall–Kier alpha value is -0.823. The fourth-order valence-corrected chi connectivity index (χ4v) is 3.76. The molecule has 0 N–H and O–H groups in total. The number of hydrogen-bond donors (Lipinski definition) is 0. The molecule has 1 aromatic carbocycles. The summed E-state index contributed by atoms with van der Waals surface area (Å²) in [6, 6.07) is 8.21. The highest BCUT2D eigenvalue weighted by Gasteiger charge is 2.20. The lowest BCUT2D eigenvalue weighted by molar-refractivity contribution is 1.28. The Balaban J connectivity index is 2.28. The first-order chi connectivity index (χ1) is 6.96. The van der Waals surface area contributed by atoms with Crippen LogP contribution in [0.4, 0.5) is 0 Å². The van der Waals surface area contributed by atoms with Gasteiger partial charge in [-0.3, -0.25) is 0 Å². The first-order valence-electron chi connectivity index (χ1n) is 5.75. The molecule has 15 heavy (non-hydrogen) atoms. The van der Waals surface area contributed by atoms with Crippen molar-refractivity contribution in [2.75, 3.05) is 0 Å². The summed E-state index contributed by atoms with van der Waals surface area (Å²) < 4.78 is 0. The van der Waals surface area contributed by atoms with Crippen molar-refractivity contribution < 1.29 is 0 Å². The van der Waals surface area contributed by atoms with Crippen molar-refractivity contribution in [1.29, 1.82) is 0 Å². The minimum Gasteiger partial charge on any atom is -0.0766 e. The summed E-state index contributed by atoms with van der Waals surface area (Å²) in [6.45, 7) is 9.51. The molecule has 0 nitrogen and oxygen atoms in total. The van der Waals surface area contributed by atoms with Crippen LogP contribution in [-0.4, -0.2) is 8.07 Å². The van der Waals surface area contributed by atoms with Crippen molar-refractivity contribution in [1.82, 2.24) is 0 Å². The largest absolute Gasteiger partial charge is 0.0766 e. The number of allylic oxidation sites excluding steroid dienone is 2. The van der Waals surface area contributed by atoms with E-state index in [0.29, 0.717) is 0 Å². The van der Waals surface area contributed by atoms with Crippen LogP contribution in [0.25, 0.3) is 5.57 Å². The number of fused-ring (bicyclic) bond motifs is 1. The number of hydrogen-bond acceptors (Lipinski definition) is 0. The lowest BCUT2D eigenvalue weighted by atomic mass is 10.0. The Morgan fingerprint density at radius 3 is 2.60 bits per heavy atom. The summed E-state index contributed by atoms with van der Waals surface area (Å²) in [6.07, 6.45) is 3.58. The smallest absolute Gasteiger partial charge is 0.0487 e. The Labute approximate surface area is 94.0 Å². The molecule has 0 fully saturated rings. The molecule has 0 aliphatic heterocycles. The lowest BCUT2D eigenvalue weighted by Crippen LogP contribution is -2.19. The van der Waals surface area contributed by atoms with E-state index in [1.165, 1.54) is 22.7 Å². The minimum atomic E-state index is -0.973. The molecule has 0 heterocycles. The van der Waals surface area contributed by atoms with Crippen molar-refractivity contribution in [3.05, 3.63) is 41.0 Å². The third-order valence-electron chi connectivity index (χ3n) is 2.90. The Kier molecular flexibility index (Phi) is 2.59. The van der Waals surface area contributed by atoms with Gasteiger partial charge < -0.3 is 0 Å². The van der Waals surface area contributed by atoms with Gasteiger partial charge in [0.15, 0.2) is 0 Å². The molecule has 0 saturated heterocycles. The first kappa shape index (κ1) is 10.7. The summed E-state index contributed by atoms with van der Waals surface area (Å²) in [5.74, 6) is 0. The Morgan fingerprint density at radius 1 is 1.20 bits per heavy atom. The first-order valence-corrected chi connectivity index (χ1v) is 9.45. The monoisotopic (exact) mass is 216 g/mol. The van der Waals surface area contributed by atoms with Crippen LogP contribution in [-0.2, 0) is 6.42 Å². The van der Waals surface area contributed by atoms with Crippen LogP contribution in [0.1, 0.15) is 16.7 Å². The minimum absolute atomic E-state index is 0.973. The lowest BCUT2D eigenvalue weighted by Gasteiger charge is -2.17. The second kappa shape index (κ2) is 3.64. The highest BCUT2D eigenvalue weighted by atomic mass is 28.3. The average molecular weight is 216 g/mol. The van der Waals surface area contributed by atoms with Gasteiger partial charge in [0.2, 0.25) is 0 Å². The molecule has 0 saturated carbocycles. The Bertz CT molecular complexity index is 408. The van der Waals surface area contributed by atoms with Gasteiger partial charge in [0, 0.05) is 8.07 Å². The van der Waals surface area contributed by atoms with E-state index >= 15 is 0 Å². The molecule has 80 valence electrons. The van der Waals surface area contributed by atoms with Gasteiger partial charge in [0.25, 0.3) is 0 Å². The standard InChI is InChI=1S/C14H20Si/c1-11-5-8-14-12(9-11)6-7-13(14)10-15(2,3)4/h5,7-9H,6,10H2,1-4H3. The van der Waals surface area contributed by atoms with Crippen molar-refractivity contribution in [2.24, 2.45) is 0 Å². The zero-order chi connectivity index (χ0) is 11.1. The summed E-state index contributed by atoms with van der Waals surface area (Å²) in [7, 11) is -0.973. The topological polar surface area (TPSA) is 0 Å². The quantitative estimate of drug-likeness (QED) is 0.648. The molecule has 1 aliphatic carbocycles. The summed E-state index contributed by atoms with van der Waals surface area (Å²) >= 11 is 0. The molecule has 0 bridgehead atoms. The van der Waals surface area contributed by atoms with Gasteiger partial charge in [0.1, 0.15) is 0 Å². The highest BCUT2D eigenvalue weighted by Crippen LogP contribution is 2.33. The zero-order valence-corrected chi connectivity index (χ0v) is 11.2. The van der Waals surface area contributed by atoms with E-state index in [9.17, 15) is 0 Å². The van der Waals surface area contributed by atoms with Gasteiger partial charge in [-0.15, -0.1) is 0 Å². The van der Waals surface area contributed by atoms with Crippen molar-refractivity contribution >= 4 is 13.6 Å². The fraction of sp³-hybridized carbons (Fsp3) is 0.429. The molecular weight excluding hydrogens is 196 g/mol. The maximum Gasteiger partial charge on any atom is 0.0487 e. The molecule has 0 atom stereocenters. The van der Waals surface area contributed by atoms with Crippen LogP contribution >= 0.6 is 0 Å². The van der Waals surface area contributed by atoms with Crippen molar-refractivity contribution in [3.8, 4) is 0 Å². The van der Waals surface area contributed by atoms with E-state index < -0.39 is 8.07 Å². The highest BCUT2D eigenvalue weighted by molar-refractivity contribution is 6.77. The van der Waals surface area contributed by atoms with E-state index in [1.807, 2.05) is 0 Å². The summed E-state index contributed by atoms with van der Waals surface area (Å²) in [5, 5.41) is 0. The third-order valence-corrected chi connectivity index (χ3v) is 4.34. The van der Waals surface area contributed by atoms with Gasteiger partial charge >= 0.3 is 0 Å². The van der Waals surface area contributed by atoms with E-state index in [-0.39, 0.29) is 0 Å². The van der Waals surface area contributed by atoms with Crippen LogP contribution in [0.2, 0.25) is 25.7 Å². The zero-order valence-electron chi connectivity index (χ0n) is 10.2. The van der Waals surface area contributed by atoms with E-state index in [1.54, 1.807) is 5.57 Å². The van der Waals surface area contributed by atoms with Crippen LogP contribution in [0.5, 0.6) is 0 Å². The van der Waals surface area contributed by atoms with E-state index in [0.717, 1.165) is 6.42 Å². The molecule has 1 aromatic rings. The fourth-order valence-electron chi connectivity index (χ4n) is 2.29. The molecule has 2 rings (SSSR count). The number of rotatable bonds is 2. The molecule has 0 radical (unpaired) electrons. The second-order valence-corrected chi connectivity index (χ2v) is 11.3.